The molecule has 4 aliphatic carbocycles. The van der Waals surface area contributed by atoms with Crippen LogP contribution < -0.4 is 0 Å². The monoisotopic (exact) mass is 372 g/mol. The zero-order valence-electron chi connectivity index (χ0n) is 16.7. The molecule has 3 fully saturated rings. The third-order valence-corrected chi connectivity index (χ3v) is 9.53. The maximum absolute atomic E-state index is 12.7. The minimum Gasteiger partial charge on any atom is -0.299 e. The van der Waals surface area contributed by atoms with Crippen molar-refractivity contribution in [2.75, 3.05) is 5.75 Å². The van der Waals surface area contributed by atoms with E-state index in [0.29, 0.717) is 41.7 Å². The molecule has 2 nitrogen and oxygen atoms in total. The zero-order valence-corrected chi connectivity index (χ0v) is 17.5. The average Bonchev–Trinajstić information content (AvgIpc) is 2.91. The Morgan fingerprint density at radius 1 is 1.08 bits per heavy atom. The van der Waals surface area contributed by atoms with Crippen LogP contribution in [0.1, 0.15) is 66.2 Å². The number of carbonyl (C=O) groups excluding carboxylic acids is 2. The highest BCUT2D eigenvalue weighted by atomic mass is 32.2. The fourth-order valence-corrected chi connectivity index (χ4v) is 8.12. The van der Waals surface area contributed by atoms with Gasteiger partial charge in [-0.1, -0.05) is 34.3 Å². The van der Waals surface area contributed by atoms with Gasteiger partial charge in [-0.25, -0.2) is 0 Å². The summed E-state index contributed by atoms with van der Waals surface area (Å²) in [5, 5.41) is 0. The first kappa shape index (κ1) is 18.5. The molecule has 0 aromatic heterocycles. The molecule has 0 radical (unpaired) electrons. The van der Waals surface area contributed by atoms with Crippen LogP contribution in [0.2, 0.25) is 0 Å². The SMILES string of the molecule is C=C1C2=C(SCC)C(=O)CC[C@]2(C)[C@@H]2CC[C@]3(C)C(=O)CC[C@H]3[C@@H]2C1C. The van der Waals surface area contributed by atoms with Gasteiger partial charge in [-0.2, -0.15) is 0 Å². The summed E-state index contributed by atoms with van der Waals surface area (Å²) in [5.74, 6) is 3.76. The second-order valence-electron chi connectivity index (χ2n) is 9.50. The van der Waals surface area contributed by atoms with Crippen molar-refractivity contribution < 1.29 is 9.59 Å². The van der Waals surface area contributed by atoms with E-state index >= 15 is 0 Å². The Bertz CT molecular complexity index is 720. The largest absolute Gasteiger partial charge is 0.299 e. The lowest BCUT2D eigenvalue weighted by atomic mass is 9.44. The molecule has 26 heavy (non-hydrogen) atoms. The molecule has 3 saturated carbocycles. The zero-order chi connectivity index (χ0) is 18.9. The summed E-state index contributed by atoms with van der Waals surface area (Å²) < 4.78 is 0. The highest BCUT2D eigenvalue weighted by molar-refractivity contribution is 8.04. The predicted octanol–water partition coefficient (Wildman–Crippen LogP) is 5.58. The molecular weight excluding hydrogens is 340 g/mol. The second kappa shape index (κ2) is 6.09. The normalized spacial score (nSPS) is 45.5. The molecule has 0 aliphatic heterocycles. The summed E-state index contributed by atoms with van der Waals surface area (Å²) in [6, 6.07) is 0. The van der Waals surface area contributed by atoms with Gasteiger partial charge in [-0.05, 0) is 71.7 Å². The van der Waals surface area contributed by atoms with Gasteiger partial charge in [0.25, 0.3) is 0 Å². The Morgan fingerprint density at radius 3 is 2.46 bits per heavy atom. The predicted molar refractivity (Wildman–Crippen MR) is 108 cm³/mol. The molecular formula is C23H32O2S. The minimum atomic E-state index is -0.112. The molecule has 6 atom stereocenters. The maximum atomic E-state index is 12.7. The molecule has 0 spiro atoms. The Balaban J connectivity index is 1.84. The van der Waals surface area contributed by atoms with Crippen molar-refractivity contribution >= 4 is 23.3 Å². The summed E-state index contributed by atoms with van der Waals surface area (Å²) in [7, 11) is 0. The first-order valence-corrected chi connectivity index (χ1v) is 11.4. The number of rotatable bonds is 2. The van der Waals surface area contributed by atoms with E-state index in [9.17, 15) is 9.59 Å². The summed E-state index contributed by atoms with van der Waals surface area (Å²) in [6.07, 6.45) is 5.60. The Morgan fingerprint density at radius 2 is 1.77 bits per heavy atom. The van der Waals surface area contributed by atoms with E-state index in [0.717, 1.165) is 42.8 Å². The topological polar surface area (TPSA) is 34.1 Å². The van der Waals surface area contributed by atoms with Gasteiger partial charge in [0.2, 0.25) is 0 Å². The Kier molecular flexibility index (Phi) is 4.34. The smallest absolute Gasteiger partial charge is 0.169 e. The Labute approximate surface area is 162 Å². The number of ketones is 2. The summed E-state index contributed by atoms with van der Waals surface area (Å²) in [6.45, 7) is 13.6. The van der Waals surface area contributed by atoms with Crippen LogP contribution in [0.3, 0.4) is 0 Å². The number of allylic oxidation sites excluding steroid dienone is 2. The summed E-state index contributed by atoms with van der Waals surface area (Å²) in [4.78, 5) is 26.4. The van der Waals surface area contributed by atoms with Crippen LogP contribution in [-0.4, -0.2) is 17.3 Å². The molecule has 0 saturated heterocycles. The summed E-state index contributed by atoms with van der Waals surface area (Å²) >= 11 is 1.72. The van der Waals surface area contributed by atoms with E-state index in [1.54, 1.807) is 11.8 Å². The molecule has 0 heterocycles. The van der Waals surface area contributed by atoms with Gasteiger partial charge in [-0.3, -0.25) is 9.59 Å². The number of carbonyl (C=O) groups is 2. The molecule has 0 N–H and O–H groups in total. The Hall–Kier alpha value is -0.830. The fourth-order valence-electron chi connectivity index (χ4n) is 7.06. The number of hydrogen-bond acceptors (Lipinski definition) is 3. The lowest BCUT2D eigenvalue weighted by Crippen LogP contribution is -2.54. The molecule has 1 unspecified atom stereocenters. The molecule has 0 aromatic rings. The first-order valence-electron chi connectivity index (χ1n) is 10.4. The molecule has 0 amide bonds. The van der Waals surface area contributed by atoms with Crippen LogP contribution >= 0.6 is 11.8 Å². The number of thioether (sulfide) groups is 1. The van der Waals surface area contributed by atoms with E-state index in [1.807, 2.05) is 0 Å². The van der Waals surface area contributed by atoms with Crippen LogP contribution in [0, 0.1) is 34.5 Å². The van der Waals surface area contributed by atoms with Gasteiger partial charge in [-0.15, -0.1) is 11.8 Å². The van der Waals surface area contributed by atoms with E-state index in [1.165, 1.54) is 11.1 Å². The number of Topliss-reactive ketones (excluding diaryl/α,β-unsaturated/α-hetero) is 2. The van der Waals surface area contributed by atoms with Gasteiger partial charge >= 0.3 is 0 Å². The molecule has 0 aromatic carbocycles. The fraction of sp³-hybridized carbons (Fsp3) is 0.739. The van der Waals surface area contributed by atoms with Crippen molar-refractivity contribution in [3.05, 3.63) is 22.6 Å². The quantitative estimate of drug-likeness (QED) is 0.634. The van der Waals surface area contributed by atoms with Gasteiger partial charge in [0.1, 0.15) is 5.78 Å². The van der Waals surface area contributed by atoms with Crippen molar-refractivity contribution in [2.24, 2.45) is 34.5 Å². The van der Waals surface area contributed by atoms with Gasteiger partial charge in [0, 0.05) is 18.3 Å². The molecule has 4 aliphatic rings. The highest BCUT2D eigenvalue weighted by Crippen LogP contribution is 2.67. The van der Waals surface area contributed by atoms with Crippen molar-refractivity contribution in [2.45, 2.75) is 66.2 Å². The molecule has 4 rings (SSSR count). The third-order valence-electron chi connectivity index (χ3n) is 8.52. The number of fused-ring (bicyclic) bond motifs is 5. The van der Waals surface area contributed by atoms with Crippen LogP contribution in [0.5, 0.6) is 0 Å². The first-order chi connectivity index (χ1) is 12.3. The van der Waals surface area contributed by atoms with Crippen molar-refractivity contribution in [3.8, 4) is 0 Å². The highest BCUT2D eigenvalue weighted by Gasteiger charge is 2.62. The lowest BCUT2D eigenvalue weighted by molar-refractivity contribution is -0.133. The van der Waals surface area contributed by atoms with Gasteiger partial charge < -0.3 is 0 Å². The van der Waals surface area contributed by atoms with E-state index in [4.69, 9.17) is 0 Å². The second-order valence-corrected chi connectivity index (χ2v) is 10.8. The van der Waals surface area contributed by atoms with Gasteiger partial charge in [0.15, 0.2) is 5.78 Å². The van der Waals surface area contributed by atoms with Crippen molar-refractivity contribution in [1.29, 1.82) is 0 Å². The average molecular weight is 373 g/mol. The van der Waals surface area contributed by atoms with E-state index < -0.39 is 0 Å². The van der Waals surface area contributed by atoms with E-state index in [-0.39, 0.29) is 10.8 Å². The molecule has 0 bridgehead atoms. The van der Waals surface area contributed by atoms with Crippen LogP contribution in [0.15, 0.2) is 22.6 Å². The maximum Gasteiger partial charge on any atom is 0.169 e. The molecule has 142 valence electrons. The number of hydrogen-bond donors (Lipinski definition) is 0. The van der Waals surface area contributed by atoms with Crippen molar-refractivity contribution in [3.63, 3.8) is 0 Å². The minimum absolute atomic E-state index is 0.0621. The van der Waals surface area contributed by atoms with Crippen LogP contribution in [0.25, 0.3) is 0 Å². The standard InChI is InChI=1S/C23H32O2S/c1-6-26-21-17(24)10-12-23(5)16-9-11-22(4)15(7-8-18(22)25)19(16)13(2)14(3)20(21)23/h13,15-16,19H,3,6-12H2,1-2,4-5H3/t13?,15-,16+,19-,22-,23+/m0/s1. The van der Waals surface area contributed by atoms with Crippen LogP contribution in [0.4, 0.5) is 0 Å². The third kappa shape index (κ3) is 2.25. The van der Waals surface area contributed by atoms with E-state index in [2.05, 4.69) is 34.3 Å². The van der Waals surface area contributed by atoms with Crippen LogP contribution in [-0.2, 0) is 9.59 Å². The van der Waals surface area contributed by atoms with Crippen molar-refractivity contribution in [1.82, 2.24) is 0 Å². The summed E-state index contributed by atoms with van der Waals surface area (Å²) in [5.41, 5.74) is 2.44. The van der Waals surface area contributed by atoms with Gasteiger partial charge in [0.05, 0.1) is 4.91 Å². The lowest BCUT2D eigenvalue weighted by Gasteiger charge is -2.60. The molecule has 3 heteroatoms.